The molecule has 0 fully saturated rings. The lowest BCUT2D eigenvalue weighted by atomic mass is 9.91. The third-order valence-electron chi connectivity index (χ3n) is 2.62. The van der Waals surface area contributed by atoms with E-state index in [0.29, 0.717) is 0 Å². The van der Waals surface area contributed by atoms with E-state index in [1.807, 2.05) is 32.8 Å². The van der Waals surface area contributed by atoms with E-state index in [2.05, 4.69) is 30.5 Å². The minimum Gasteiger partial charge on any atom is -0.388 e. The Balaban J connectivity index is 3.03. The predicted octanol–water partition coefficient (Wildman–Crippen LogP) is 2.78. The Kier molecular flexibility index (Phi) is 4.42. The lowest BCUT2D eigenvalue weighted by Crippen LogP contribution is -2.38. The van der Waals surface area contributed by atoms with Crippen molar-refractivity contribution in [3.63, 3.8) is 0 Å². The van der Waals surface area contributed by atoms with Crippen LogP contribution >= 0.6 is 11.8 Å². The standard InChI is InChI=1S/C13H21NOS/c1-13(2,15)12(14(3)4)10-6-8-11(16-5)9-7-10/h6-9,12,15H,1-5H3. The summed E-state index contributed by atoms with van der Waals surface area (Å²) in [6.45, 7) is 3.69. The minimum absolute atomic E-state index is 0.0170. The lowest BCUT2D eigenvalue weighted by Gasteiger charge is -2.35. The van der Waals surface area contributed by atoms with Crippen LogP contribution in [0, 0.1) is 0 Å². The fraction of sp³-hybridized carbons (Fsp3) is 0.538. The molecule has 90 valence electrons. The second kappa shape index (κ2) is 5.21. The van der Waals surface area contributed by atoms with Crippen molar-refractivity contribution in [1.82, 2.24) is 4.90 Å². The molecule has 1 N–H and O–H groups in total. The van der Waals surface area contributed by atoms with Crippen molar-refractivity contribution in [2.24, 2.45) is 0 Å². The number of nitrogens with zero attached hydrogens (tertiary/aromatic N) is 1. The highest BCUT2D eigenvalue weighted by atomic mass is 32.2. The van der Waals surface area contributed by atoms with Gasteiger partial charge in [-0.2, -0.15) is 0 Å². The van der Waals surface area contributed by atoms with E-state index in [0.717, 1.165) is 5.56 Å². The molecular weight excluding hydrogens is 218 g/mol. The summed E-state index contributed by atoms with van der Waals surface area (Å²) in [5, 5.41) is 10.2. The SMILES string of the molecule is CSc1ccc(C(N(C)C)C(C)(C)O)cc1. The van der Waals surface area contributed by atoms with E-state index in [1.54, 1.807) is 11.8 Å². The number of hydrogen-bond acceptors (Lipinski definition) is 3. The molecule has 0 saturated heterocycles. The Morgan fingerprint density at radius 2 is 1.69 bits per heavy atom. The maximum atomic E-state index is 10.2. The van der Waals surface area contributed by atoms with Crippen LogP contribution in [0.5, 0.6) is 0 Å². The first-order chi connectivity index (χ1) is 7.36. The van der Waals surface area contributed by atoms with Gasteiger partial charge >= 0.3 is 0 Å². The lowest BCUT2D eigenvalue weighted by molar-refractivity contribution is -0.00316. The van der Waals surface area contributed by atoms with Gasteiger partial charge in [0.25, 0.3) is 0 Å². The maximum absolute atomic E-state index is 10.2. The second-order valence-corrected chi connectivity index (χ2v) is 5.67. The third kappa shape index (κ3) is 3.24. The molecule has 0 aliphatic rings. The third-order valence-corrected chi connectivity index (χ3v) is 3.36. The fourth-order valence-corrected chi connectivity index (χ4v) is 2.53. The molecule has 0 aromatic heterocycles. The molecule has 1 aromatic carbocycles. The molecule has 16 heavy (non-hydrogen) atoms. The molecule has 0 saturated carbocycles. The monoisotopic (exact) mass is 239 g/mol. The van der Waals surface area contributed by atoms with Crippen LogP contribution in [-0.2, 0) is 0 Å². The van der Waals surface area contributed by atoms with Gasteiger partial charge in [0, 0.05) is 4.90 Å². The van der Waals surface area contributed by atoms with Crippen LogP contribution < -0.4 is 0 Å². The summed E-state index contributed by atoms with van der Waals surface area (Å²) >= 11 is 1.73. The molecule has 2 nitrogen and oxygen atoms in total. The molecule has 1 rings (SSSR count). The van der Waals surface area contributed by atoms with E-state index in [1.165, 1.54) is 4.90 Å². The molecule has 1 atom stereocenters. The largest absolute Gasteiger partial charge is 0.388 e. The van der Waals surface area contributed by atoms with Crippen LogP contribution in [0.25, 0.3) is 0 Å². The van der Waals surface area contributed by atoms with Crippen molar-refractivity contribution in [3.8, 4) is 0 Å². The summed E-state index contributed by atoms with van der Waals surface area (Å²) < 4.78 is 0. The molecule has 0 spiro atoms. The smallest absolute Gasteiger partial charge is 0.0787 e. The Bertz CT molecular complexity index is 327. The first-order valence-electron chi connectivity index (χ1n) is 5.39. The van der Waals surface area contributed by atoms with Gasteiger partial charge in [-0.25, -0.2) is 0 Å². The van der Waals surface area contributed by atoms with Gasteiger partial charge in [-0.3, -0.25) is 4.90 Å². The van der Waals surface area contributed by atoms with Crippen molar-refractivity contribution >= 4 is 11.8 Å². The van der Waals surface area contributed by atoms with Gasteiger partial charge in [-0.05, 0) is 51.9 Å². The molecule has 1 unspecified atom stereocenters. The van der Waals surface area contributed by atoms with Crippen LogP contribution in [0.15, 0.2) is 29.2 Å². The van der Waals surface area contributed by atoms with Crippen molar-refractivity contribution in [2.45, 2.75) is 30.4 Å². The van der Waals surface area contributed by atoms with Crippen LogP contribution in [0.3, 0.4) is 0 Å². The van der Waals surface area contributed by atoms with Crippen molar-refractivity contribution < 1.29 is 5.11 Å². The first kappa shape index (κ1) is 13.6. The molecule has 0 amide bonds. The molecule has 3 heteroatoms. The van der Waals surface area contributed by atoms with Gasteiger partial charge in [0.1, 0.15) is 0 Å². The van der Waals surface area contributed by atoms with E-state index in [-0.39, 0.29) is 6.04 Å². The average molecular weight is 239 g/mol. The molecular formula is C13H21NOS. The van der Waals surface area contributed by atoms with Crippen molar-refractivity contribution in [2.75, 3.05) is 20.4 Å². The second-order valence-electron chi connectivity index (χ2n) is 4.79. The summed E-state index contributed by atoms with van der Waals surface area (Å²) in [6.07, 6.45) is 2.06. The number of benzene rings is 1. The average Bonchev–Trinajstić information content (AvgIpc) is 2.16. The van der Waals surface area contributed by atoms with Crippen LogP contribution in [0.1, 0.15) is 25.5 Å². The topological polar surface area (TPSA) is 23.5 Å². The molecule has 0 aliphatic heterocycles. The number of thioether (sulfide) groups is 1. The van der Waals surface area contributed by atoms with Crippen LogP contribution in [0.4, 0.5) is 0 Å². The van der Waals surface area contributed by atoms with Gasteiger partial charge in [-0.1, -0.05) is 12.1 Å². The zero-order valence-electron chi connectivity index (χ0n) is 10.7. The van der Waals surface area contributed by atoms with E-state index in [9.17, 15) is 5.11 Å². The quantitative estimate of drug-likeness (QED) is 0.817. The summed E-state index contributed by atoms with van der Waals surface area (Å²) in [5.74, 6) is 0. The summed E-state index contributed by atoms with van der Waals surface area (Å²) in [4.78, 5) is 3.30. The van der Waals surface area contributed by atoms with Gasteiger partial charge in [0.15, 0.2) is 0 Å². The Labute approximate surface area is 103 Å². The van der Waals surface area contributed by atoms with Gasteiger partial charge in [0.05, 0.1) is 11.6 Å². The first-order valence-corrected chi connectivity index (χ1v) is 6.61. The van der Waals surface area contributed by atoms with Crippen molar-refractivity contribution in [3.05, 3.63) is 29.8 Å². The number of rotatable bonds is 4. The van der Waals surface area contributed by atoms with Crippen LogP contribution in [-0.4, -0.2) is 36.0 Å². The number of aliphatic hydroxyl groups is 1. The normalized spacial score (nSPS) is 14.2. The fourth-order valence-electron chi connectivity index (χ4n) is 2.12. The van der Waals surface area contributed by atoms with Crippen molar-refractivity contribution in [1.29, 1.82) is 0 Å². The highest BCUT2D eigenvalue weighted by Crippen LogP contribution is 2.30. The Morgan fingerprint density at radius 1 is 1.19 bits per heavy atom. The molecule has 0 heterocycles. The Hall–Kier alpha value is -0.510. The molecule has 0 radical (unpaired) electrons. The van der Waals surface area contributed by atoms with E-state index >= 15 is 0 Å². The zero-order chi connectivity index (χ0) is 12.3. The highest BCUT2D eigenvalue weighted by molar-refractivity contribution is 7.98. The maximum Gasteiger partial charge on any atom is 0.0787 e. The molecule has 0 bridgehead atoms. The molecule has 0 aliphatic carbocycles. The van der Waals surface area contributed by atoms with Gasteiger partial charge in [0.2, 0.25) is 0 Å². The summed E-state index contributed by atoms with van der Waals surface area (Å²) in [6, 6.07) is 8.40. The number of likely N-dealkylation sites (N-methyl/N-ethyl adjacent to an activating group) is 1. The summed E-state index contributed by atoms with van der Waals surface area (Å²) in [7, 11) is 3.98. The van der Waals surface area contributed by atoms with E-state index in [4.69, 9.17) is 0 Å². The highest BCUT2D eigenvalue weighted by Gasteiger charge is 2.29. The number of hydrogen-bond donors (Lipinski definition) is 1. The predicted molar refractivity (Wildman–Crippen MR) is 70.9 cm³/mol. The van der Waals surface area contributed by atoms with Crippen LogP contribution in [0.2, 0.25) is 0 Å². The minimum atomic E-state index is -0.746. The summed E-state index contributed by atoms with van der Waals surface area (Å²) in [5.41, 5.74) is 0.403. The van der Waals surface area contributed by atoms with E-state index < -0.39 is 5.60 Å². The zero-order valence-corrected chi connectivity index (χ0v) is 11.5. The molecule has 1 aromatic rings. The Morgan fingerprint density at radius 3 is 2.00 bits per heavy atom. The van der Waals surface area contributed by atoms with Gasteiger partial charge < -0.3 is 5.11 Å². The van der Waals surface area contributed by atoms with Gasteiger partial charge in [-0.15, -0.1) is 11.8 Å².